The number of rotatable bonds is 2. The molecule has 4 N–H and O–H groups in total. The molecule has 0 amide bonds. The van der Waals surface area contributed by atoms with Gasteiger partial charge in [-0.1, -0.05) is 0 Å². The van der Waals surface area contributed by atoms with Crippen LogP contribution < -0.4 is 16.6 Å². The summed E-state index contributed by atoms with van der Waals surface area (Å²) in [4.78, 5) is 17.5. The van der Waals surface area contributed by atoms with E-state index in [1.807, 2.05) is 0 Å². The lowest BCUT2D eigenvalue weighted by atomic mass is 10.5. The van der Waals surface area contributed by atoms with Gasteiger partial charge in [0.2, 0.25) is 5.95 Å². The molecule has 1 aromatic heterocycles. The molecule has 0 saturated heterocycles. The summed E-state index contributed by atoms with van der Waals surface area (Å²) >= 11 is 0. The van der Waals surface area contributed by atoms with Crippen LogP contribution in [-0.2, 0) is 0 Å². The first-order chi connectivity index (χ1) is 5.75. The highest BCUT2D eigenvalue weighted by Gasteiger charge is 2.21. The maximum atomic E-state index is 11.0. The lowest BCUT2D eigenvalue weighted by molar-refractivity contribution is 1.04. The van der Waals surface area contributed by atoms with E-state index < -0.39 is 0 Å². The molecule has 0 bridgehead atoms. The Bertz CT molecular complexity index is 342. The monoisotopic (exact) mass is 166 g/mol. The zero-order chi connectivity index (χ0) is 8.55. The molecule has 12 heavy (non-hydrogen) atoms. The third-order valence-corrected chi connectivity index (χ3v) is 1.75. The molecule has 1 saturated carbocycles. The van der Waals surface area contributed by atoms with E-state index in [9.17, 15) is 4.79 Å². The highest BCUT2D eigenvalue weighted by molar-refractivity contribution is 5.37. The summed E-state index contributed by atoms with van der Waals surface area (Å²) in [5, 5.41) is 3.06. The van der Waals surface area contributed by atoms with E-state index in [0.717, 1.165) is 12.8 Å². The van der Waals surface area contributed by atoms with Gasteiger partial charge in [0.25, 0.3) is 5.56 Å². The van der Waals surface area contributed by atoms with Gasteiger partial charge in [-0.2, -0.15) is 0 Å². The number of hydrogen-bond donors (Lipinski definition) is 3. The molecule has 1 aromatic rings. The van der Waals surface area contributed by atoms with E-state index in [-0.39, 0.29) is 11.2 Å². The zero-order valence-electron chi connectivity index (χ0n) is 6.50. The van der Waals surface area contributed by atoms with Gasteiger partial charge in [0, 0.05) is 6.04 Å². The van der Waals surface area contributed by atoms with Crippen LogP contribution in [0.2, 0.25) is 0 Å². The Balaban J connectivity index is 2.21. The fraction of sp³-hybridized carbons (Fsp3) is 0.429. The molecular weight excluding hydrogens is 156 g/mol. The summed E-state index contributed by atoms with van der Waals surface area (Å²) in [7, 11) is 0. The third kappa shape index (κ3) is 1.39. The van der Waals surface area contributed by atoms with Crippen LogP contribution in [0.3, 0.4) is 0 Å². The van der Waals surface area contributed by atoms with Gasteiger partial charge in [0.15, 0.2) is 0 Å². The number of aromatic nitrogens is 2. The van der Waals surface area contributed by atoms with Gasteiger partial charge in [-0.25, -0.2) is 4.98 Å². The van der Waals surface area contributed by atoms with Gasteiger partial charge in [-0.15, -0.1) is 0 Å². The smallest absolute Gasteiger partial charge is 0.275 e. The summed E-state index contributed by atoms with van der Waals surface area (Å²) in [5.41, 5.74) is 5.17. The molecule has 0 spiro atoms. The number of nitrogens with two attached hydrogens (primary N) is 1. The number of nitrogens with zero attached hydrogens (tertiary/aromatic N) is 1. The fourth-order valence-electron chi connectivity index (χ4n) is 0.899. The molecule has 1 aliphatic carbocycles. The molecule has 0 atom stereocenters. The summed E-state index contributed by atoms with van der Waals surface area (Å²) in [6.07, 6.45) is 3.66. The normalized spacial score (nSPS) is 16.0. The van der Waals surface area contributed by atoms with Crippen molar-refractivity contribution >= 4 is 11.6 Å². The fourth-order valence-corrected chi connectivity index (χ4v) is 0.899. The highest BCUT2D eigenvalue weighted by atomic mass is 16.1. The van der Waals surface area contributed by atoms with Crippen molar-refractivity contribution in [2.24, 2.45) is 0 Å². The molecule has 0 radical (unpaired) electrons. The standard InChI is InChI=1S/C7H10N4O/c8-5-3-9-7(11-6(5)12)10-4-1-2-4/h3-4H,1-2,8H2,(H2,9,10,11,12). The lowest BCUT2D eigenvalue weighted by Crippen LogP contribution is -2.16. The molecule has 5 heteroatoms. The van der Waals surface area contributed by atoms with Crippen LogP contribution in [0.1, 0.15) is 12.8 Å². The first-order valence-electron chi connectivity index (χ1n) is 3.87. The van der Waals surface area contributed by atoms with Crippen molar-refractivity contribution in [3.63, 3.8) is 0 Å². The Kier molecular flexibility index (Phi) is 1.49. The van der Waals surface area contributed by atoms with Crippen molar-refractivity contribution in [3.05, 3.63) is 16.6 Å². The van der Waals surface area contributed by atoms with Crippen LogP contribution in [0.5, 0.6) is 0 Å². The number of nitrogen functional groups attached to an aromatic ring is 1. The van der Waals surface area contributed by atoms with Crippen molar-refractivity contribution < 1.29 is 0 Å². The van der Waals surface area contributed by atoms with Crippen LogP contribution in [-0.4, -0.2) is 16.0 Å². The van der Waals surface area contributed by atoms with Gasteiger partial charge in [0.05, 0.1) is 6.20 Å². The van der Waals surface area contributed by atoms with Gasteiger partial charge in [-0.05, 0) is 12.8 Å². The second kappa shape index (κ2) is 2.51. The van der Waals surface area contributed by atoms with Crippen LogP contribution in [0, 0.1) is 0 Å². The van der Waals surface area contributed by atoms with Gasteiger partial charge < -0.3 is 11.1 Å². The van der Waals surface area contributed by atoms with Crippen molar-refractivity contribution in [2.45, 2.75) is 18.9 Å². The van der Waals surface area contributed by atoms with Crippen LogP contribution in [0.4, 0.5) is 11.6 Å². The minimum Gasteiger partial charge on any atom is -0.393 e. The van der Waals surface area contributed by atoms with E-state index in [4.69, 9.17) is 5.73 Å². The van der Waals surface area contributed by atoms with E-state index in [2.05, 4.69) is 15.3 Å². The molecule has 0 aromatic carbocycles. The summed E-state index contributed by atoms with van der Waals surface area (Å²) in [6.45, 7) is 0. The Morgan fingerprint density at radius 3 is 3.00 bits per heavy atom. The summed E-state index contributed by atoms with van der Waals surface area (Å²) < 4.78 is 0. The van der Waals surface area contributed by atoms with E-state index in [1.54, 1.807) is 0 Å². The summed E-state index contributed by atoms with van der Waals surface area (Å²) in [5.74, 6) is 0.511. The van der Waals surface area contributed by atoms with E-state index in [0.29, 0.717) is 12.0 Å². The first kappa shape index (κ1) is 7.15. The van der Waals surface area contributed by atoms with Crippen molar-refractivity contribution in [3.8, 4) is 0 Å². The maximum Gasteiger partial charge on any atom is 0.275 e. The minimum atomic E-state index is -0.284. The van der Waals surface area contributed by atoms with Crippen molar-refractivity contribution in [1.29, 1.82) is 0 Å². The Morgan fingerprint density at radius 2 is 2.42 bits per heavy atom. The highest BCUT2D eigenvalue weighted by Crippen LogP contribution is 2.22. The second-order valence-electron chi connectivity index (χ2n) is 2.93. The third-order valence-electron chi connectivity index (χ3n) is 1.75. The largest absolute Gasteiger partial charge is 0.393 e. The number of anilines is 2. The number of nitrogens with one attached hydrogen (secondary N) is 2. The molecule has 1 aliphatic rings. The van der Waals surface area contributed by atoms with Crippen LogP contribution >= 0.6 is 0 Å². The average Bonchev–Trinajstić information content (AvgIpc) is 2.81. The number of hydrogen-bond acceptors (Lipinski definition) is 4. The molecule has 0 aliphatic heterocycles. The molecule has 64 valence electrons. The lowest BCUT2D eigenvalue weighted by Gasteiger charge is -2.01. The number of H-pyrrole nitrogens is 1. The topological polar surface area (TPSA) is 83.8 Å². The predicted octanol–water partition coefficient (Wildman–Crippen LogP) is -0.0736. The molecule has 0 unspecified atom stereocenters. The molecule has 2 rings (SSSR count). The molecule has 5 nitrogen and oxygen atoms in total. The van der Waals surface area contributed by atoms with Crippen molar-refractivity contribution in [2.75, 3.05) is 11.1 Å². The maximum absolute atomic E-state index is 11.0. The Morgan fingerprint density at radius 1 is 1.67 bits per heavy atom. The molecule has 1 fully saturated rings. The van der Waals surface area contributed by atoms with Crippen LogP contribution in [0.15, 0.2) is 11.0 Å². The minimum absolute atomic E-state index is 0.149. The van der Waals surface area contributed by atoms with Gasteiger partial charge >= 0.3 is 0 Å². The Hall–Kier alpha value is -1.52. The van der Waals surface area contributed by atoms with Gasteiger partial charge in [-0.3, -0.25) is 9.78 Å². The van der Waals surface area contributed by atoms with Gasteiger partial charge in [0.1, 0.15) is 5.69 Å². The SMILES string of the molecule is Nc1cnc(NC2CC2)[nH]c1=O. The number of aromatic amines is 1. The average molecular weight is 166 g/mol. The van der Waals surface area contributed by atoms with E-state index >= 15 is 0 Å². The molecular formula is C7H10N4O. The summed E-state index contributed by atoms with van der Waals surface area (Å²) in [6, 6.07) is 0.483. The quantitative estimate of drug-likeness (QED) is 0.574. The predicted molar refractivity (Wildman–Crippen MR) is 45.9 cm³/mol. The zero-order valence-corrected chi connectivity index (χ0v) is 6.50. The van der Waals surface area contributed by atoms with Crippen molar-refractivity contribution in [1.82, 2.24) is 9.97 Å². The van der Waals surface area contributed by atoms with E-state index in [1.165, 1.54) is 6.20 Å². The Labute approximate surface area is 69.0 Å². The molecule has 1 heterocycles. The first-order valence-corrected chi connectivity index (χ1v) is 3.87. The van der Waals surface area contributed by atoms with Crippen LogP contribution in [0.25, 0.3) is 0 Å². The second-order valence-corrected chi connectivity index (χ2v) is 2.93.